The van der Waals surface area contributed by atoms with E-state index in [1.165, 1.54) is 11.1 Å². The van der Waals surface area contributed by atoms with Gasteiger partial charge in [-0.2, -0.15) is 0 Å². The molecule has 2 heteroatoms. The van der Waals surface area contributed by atoms with Crippen molar-refractivity contribution in [2.75, 3.05) is 0 Å². The van der Waals surface area contributed by atoms with E-state index in [2.05, 4.69) is 76.2 Å². The van der Waals surface area contributed by atoms with E-state index in [1.54, 1.807) is 0 Å². The van der Waals surface area contributed by atoms with Crippen molar-refractivity contribution in [3.05, 3.63) is 83.9 Å². The Balaban J connectivity index is 0.000000508. The summed E-state index contributed by atoms with van der Waals surface area (Å²) in [6, 6.07) is 20.8. The van der Waals surface area contributed by atoms with Gasteiger partial charge in [-0.1, -0.05) is 126 Å². The Morgan fingerprint density at radius 2 is 1.55 bits per heavy atom. The number of carbonyl (C=O) groups excluding carboxylic acids is 1. The number of carbonyl (C=O) groups is 1. The quantitative estimate of drug-likeness (QED) is 0.311. The molecule has 182 valence electrons. The number of benzene rings is 2. The van der Waals surface area contributed by atoms with Crippen LogP contribution >= 0.6 is 0 Å². The highest BCUT2D eigenvalue weighted by Crippen LogP contribution is 2.39. The first-order valence-corrected chi connectivity index (χ1v) is 12.9. The van der Waals surface area contributed by atoms with Gasteiger partial charge in [-0.3, -0.25) is 4.79 Å². The van der Waals surface area contributed by atoms with E-state index < -0.39 is 0 Å². The molecule has 2 nitrogen and oxygen atoms in total. The lowest BCUT2D eigenvalue weighted by atomic mass is 9.75. The van der Waals surface area contributed by atoms with Crippen LogP contribution in [0.1, 0.15) is 84.3 Å². The number of ether oxygens (including phenoxy) is 1. The Kier molecular flexibility index (Phi) is 14.2. The Morgan fingerprint density at radius 1 is 0.970 bits per heavy atom. The Bertz CT molecular complexity index is 779. The molecule has 3 rings (SSSR count). The summed E-state index contributed by atoms with van der Waals surface area (Å²) in [5, 5.41) is 0. The van der Waals surface area contributed by atoms with E-state index in [4.69, 9.17) is 4.74 Å². The Labute approximate surface area is 203 Å². The zero-order valence-corrected chi connectivity index (χ0v) is 22.0. The van der Waals surface area contributed by atoms with Crippen LogP contribution in [-0.4, -0.2) is 12.1 Å². The van der Waals surface area contributed by atoms with Crippen molar-refractivity contribution >= 4 is 5.97 Å². The van der Waals surface area contributed by atoms with Crippen molar-refractivity contribution in [1.82, 2.24) is 0 Å². The maximum atomic E-state index is 12.5. The highest BCUT2D eigenvalue weighted by molar-refractivity contribution is 5.72. The van der Waals surface area contributed by atoms with E-state index in [-0.39, 0.29) is 23.9 Å². The zero-order chi connectivity index (χ0) is 24.6. The Hall–Kier alpha value is -2.35. The minimum absolute atomic E-state index is 0.0306. The fourth-order valence-electron chi connectivity index (χ4n) is 4.40. The first-order chi connectivity index (χ1) is 15.9. The molecule has 0 radical (unpaired) electrons. The van der Waals surface area contributed by atoms with E-state index in [0.29, 0.717) is 11.8 Å². The van der Waals surface area contributed by atoms with E-state index in [1.807, 2.05) is 45.0 Å². The van der Waals surface area contributed by atoms with E-state index in [0.717, 1.165) is 25.7 Å². The van der Waals surface area contributed by atoms with Crippen molar-refractivity contribution in [1.29, 1.82) is 0 Å². The molecule has 4 atom stereocenters. The normalized spacial score (nSPS) is 20.1. The summed E-state index contributed by atoms with van der Waals surface area (Å²) in [6.07, 6.45) is 8.45. The average Bonchev–Trinajstić information content (AvgIpc) is 2.82. The highest BCUT2D eigenvalue weighted by atomic mass is 16.5. The van der Waals surface area contributed by atoms with Gasteiger partial charge in [0.25, 0.3) is 0 Å². The molecule has 0 saturated carbocycles. The number of esters is 1. The molecule has 1 aliphatic carbocycles. The number of hydrogen-bond acceptors (Lipinski definition) is 2. The van der Waals surface area contributed by atoms with Gasteiger partial charge in [0.2, 0.25) is 0 Å². The molecule has 3 unspecified atom stereocenters. The lowest BCUT2D eigenvalue weighted by Crippen LogP contribution is -2.34. The predicted molar refractivity (Wildman–Crippen MR) is 142 cm³/mol. The van der Waals surface area contributed by atoms with Crippen LogP contribution in [0.15, 0.2) is 72.8 Å². The molecule has 2 aromatic carbocycles. The molecule has 0 aliphatic heterocycles. The summed E-state index contributed by atoms with van der Waals surface area (Å²) in [4.78, 5) is 12.5. The smallest absolute Gasteiger partial charge is 0.308 e. The van der Waals surface area contributed by atoms with E-state index in [9.17, 15) is 4.79 Å². The summed E-state index contributed by atoms with van der Waals surface area (Å²) in [6.45, 7) is 14.6. The van der Waals surface area contributed by atoms with Crippen LogP contribution in [-0.2, 0) is 9.53 Å². The van der Waals surface area contributed by atoms with Gasteiger partial charge in [-0.25, -0.2) is 0 Å². The lowest BCUT2D eigenvalue weighted by Gasteiger charge is -2.35. The number of hydrogen-bond donors (Lipinski definition) is 0. The zero-order valence-electron chi connectivity index (χ0n) is 22.0. The lowest BCUT2D eigenvalue weighted by molar-refractivity contribution is -0.156. The topological polar surface area (TPSA) is 26.3 Å². The van der Waals surface area contributed by atoms with Crippen LogP contribution < -0.4 is 0 Å². The maximum absolute atomic E-state index is 12.5. The minimum atomic E-state index is -0.0453. The van der Waals surface area contributed by atoms with Crippen LogP contribution in [0.2, 0.25) is 0 Å². The van der Waals surface area contributed by atoms with Crippen molar-refractivity contribution in [2.45, 2.75) is 86.2 Å². The summed E-state index contributed by atoms with van der Waals surface area (Å²) in [7, 11) is 0. The number of aryl methyl sites for hydroxylation is 1. The van der Waals surface area contributed by atoms with E-state index >= 15 is 0 Å². The highest BCUT2D eigenvalue weighted by Gasteiger charge is 2.34. The molecule has 0 fully saturated rings. The molecule has 0 N–H and O–H groups in total. The third kappa shape index (κ3) is 10.4. The second-order valence-electron chi connectivity index (χ2n) is 9.21. The molecule has 1 aliphatic rings. The van der Waals surface area contributed by atoms with Gasteiger partial charge in [0.05, 0.1) is 5.92 Å². The number of rotatable bonds is 7. The summed E-state index contributed by atoms with van der Waals surface area (Å²) in [5.74, 6) is 1.16. The average molecular weight is 451 g/mol. The first-order valence-electron chi connectivity index (χ1n) is 12.9. The molecule has 0 saturated heterocycles. The van der Waals surface area contributed by atoms with Gasteiger partial charge < -0.3 is 4.74 Å². The summed E-state index contributed by atoms with van der Waals surface area (Å²) >= 11 is 0. The largest absolute Gasteiger partial charge is 0.461 e. The fraction of sp³-hybridized carbons (Fsp3) is 0.516. The first kappa shape index (κ1) is 28.7. The van der Waals surface area contributed by atoms with Crippen LogP contribution in [0.25, 0.3) is 0 Å². The molecule has 0 amide bonds. The fourth-order valence-corrected chi connectivity index (χ4v) is 4.40. The van der Waals surface area contributed by atoms with Gasteiger partial charge in [-0.05, 0) is 37.2 Å². The number of allylic oxidation sites excluding steroid dienone is 1. The monoisotopic (exact) mass is 450 g/mol. The van der Waals surface area contributed by atoms with Crippen LogP contribution in [0.4, 0.5) is 0 Å². The van der Waals surface area contributed by atoms with Gasteiger partial charge >= 0.3 is 5.97 Å². The maximum Gasteiger partial charge on any atom is 0.308 e. The van der Waals surface area contributed by atoms with Crippen LogP contribution in [0.3, 0.4) is 0 Å². The van der Waals surface area contributed by atoms with Crippen molar-refractivity contribution < 1.29 is 9.53 Å². The van der Waals surface area contributed by atoms with Crippen LogP contribution in [0, 0.1) is 24.7 Å². The minimum Gasteiger partial charge on any atom is -0.461 e. The van der Waals surface area contributed by atoms with Crippen molar-refractivity contribution in [3.8, 4) is 0 Å². The van der Waals surface area contributed by atoms with Gasteiger partial charge in [0, 0.05) is 12.3 Å². The van der Waals surface area contributed by atoms with Gasteiger partial charge in [0.15, 0.2) is 0 Å². The van der Waals surface area contributed by atoms with Crippen molar-refractivity contribution in [2.24, 2.45) is 17.8 Å². The summed E-state index contributed by atoms with van der Waals surface area (Å²) in [5.41, 5.74) is 2.61. The Morgan fingerprint density at radius 3 is 2.03 bits per heavy atom. The second kappa shape index (κ2) is 16.3. The molecule has 2 aromatic rings. The molecule has 0 bridgehead atoms. The summed E-state index contributed by atoms with van der Waals surface area (Å²) < 4.78 is 6.01. The predicted octanol–water partition coefficient (Wildman–Crippen LogP) is 8.76. The molecular weight excluding hydrogens is 404 g/mol. The molecule has 0 spiro atoms. The molecule has 0 heterocycles. The van der Waals surface area contributed by atoms with Crippen molar-refractivity contribution in [3.63, 3.8) is 0 Å². The SMILES string of the molecule is CC.CCC[C@@H]1C=CCC(OC(=O)C(C)CC(C)C)C1c1ccccc1.Cc1ccccc1. The third-order valence-electron chi connectivity index (χ3n) is 5.86. The third-order valence-corrected chi connectivity index (χ3v) is 5.86. The molecule has 33 heavy (non-hydrogen) atoms. The van der Waals surface area contributed by atoms with Gasteiger partial charge in [0.1, 0.15) is 6.10 Å². The molecule has 0 aromatic heterocycles. The molecular formula is C31H46O2. The van der Waals surface area contributed by atoms with Gasteiger partial charge in [-0.15, -0.1) is 0 Å². The second-order valence-corrected chi connectivity index (χ2v) is 9.21. The van der Waals surface area contributed by atoms with Crippen LogP contribution in [0.5, 0.6) is 0 Å². The standard InChI is InChI=1S/C22H32O2.C7H8.C2H6/c1-5-10-18-13-9-14-20(21(18)19-11-7-6-8-12-19)24-22(23)17(4)15-16(2)3;1-7-5-3-2-4-6-7;1-2/h6-9,11-13,16-18,20-21H,5,10,14-15H2,1-4H3;2-6H,1H3;1-2H3/t17?,18-,20?,21?;;/m1../s1.